The summed E-state index contributed by atoms with van der Waals surface area (Å²) < 4.78 is 27.7. The van der Waals surface area contributed by atoms with Crippen molar-refractivity contribution < 1.29 is 13.2 Å². The monoisotopic (exact) mass is 382 g/mol. The predicted octanol–water partition coefficient (Wildman–Crippen LogP) is 2.59. The van der Waals surface area contributed by atoms with Crippen LogP contribution in [0.4, 0.5) is 5.69 Å². The van der Waals surface area contributed by atoms with E-state index in [-0.39, 0.29) is 23.5 Å². The van der Waals surface area contributed by atoms with Crippen molar-refractivity contribution in [2.75, 3.05) is 17.8 Å². The van der Waals surface area contributed by atoms with Gasteiger partial charge in [-0.15, -0.1) is 0 Å². The third-order valence-electron chi connectivity index (χ3n) is 3.83. The van der Waals surface area contributed by atoms with E-state index in [1.54, 1.807) is 19.1 Å². The Morgan fingerprint density at radius 2 is 1.63 bits per heavy atom. The van der Waals surface area contributed by atoms with Crippen molar-refractivity contribution in [1.82, 2.24) is 4.90 Å². The number of nitrogens with one attached hydrogen (secondary N) is 1. The number of hydrogen-bond acceptors (Lipinski definition) is 5. The minimum atomic E-state index is -3.76. The van der Waals surface area contributed by atoms with Crippen LogP contribution in [-0.4, -0.2) is 32.3 Å². The summed E-state index contributed by atoms with van der Waals surface area (Å²) in [6.45, 7) is 3.13. The van der Waals surface area contributed by atoms with E-state index in [0.29, 0.717) is 11.3 Å². The minimum Gasteiger partial charge on any atom is -0.312 e. The fraction of sp³-hybridized carbons (Fsp3) is 0.211. The molecule has 0 aromatic heterocycles. The molecule has 0 heterocycles. The highest BCUT2D eigenvalue weighted by Gasteiger charge is 2.18. The Morgan fingerprint density at radius 3 is 2.19 bits per heavy atom. The van der Waals surface area contributed by atoms with Gasteiger partial charge in [-0.05, 0) is 55.3 Å². The van der Waals surface area contributed by atoms with E-state index in [4.69, 9.17) is 10.5 Å². The van der Waals surface area contributed by atoms with Gasteiger partial charge in [-0.1, -0.05) is 12.1 Å². The predicted molar refractivity (Wildman–Crippen MR) is 100 cm³/mol. The molecule has 0 aliphatic heterocycles. The molecule has 2 rings (SSSR count). The van der Waals surface area contributed by atoms with Crippen LogP contribution in [-0.2, 0) is 10.0 Å². The molecule has 2 aromatic rings. The quantitative estimate of drug-likeness (QED) is 0.771. The zero-order valence-corrected chi connectivity index (χ0v) is 15.7. The number of amides is 1. The van der Waals surface area contributed by atoms with Gasteiger partial charge >= 0.3 is 0 Å². The summed E-state index contributed by atoms with van der Waals surface area (Å²) in [4.78, 5) is 13.6. The normalized spacial score (nSPS) is 10.5. The van der Waals surface area contributed by atoms with Crippen LogP contribution in [0.1, 0.15) is 21.5 Å². The van der Waals surface area contributed by atoms with Crippen molar-refractivity contribution in [3.05, 3.63) is 59.2 Å². The maximum atomic E-state index is 12.6. The number of rotatable bonds is 6. The van der Waals surface area contributed by atoms with Crippen LogP contribution in [0.3, 0.4) is 0 Å². The molecular weight excluding hydrogens is 364 g/mol. The van der Waals surface area contributed by atoms with Crippen LogP contribution < -0.4 is 4.72 Å². The lowest BCUT2D eigenvalue weighted by atomic mass is 10.2. The third-order valence-corrected chi connectivity index (χ3v) is 5.35. The van der Waals surface area contributed by atoms with Crippen LogP contribution >= 0.6 is 0 Å². The molecule has 0 atom stereocenters. The van der Waals surface area contributed by atoms with Gasteiger partial charge in [-0.3, -0.25) is 9.52 Å². The molecule has 0 aliphatic carbocycles. The van der Waals surface area contributed by atoms with E-state index in [1.807, 2.05) is 25.1 Å². The molecule has 0 radical (unpaired) electrons. The fourth-order valence-corrected chi connectivity index (χ4v) is 3.83. The number of carbonyl (C=O) groups is 1. The smallest absolute Gasteiger partial charge is 0.262 e. The highest BCUT2D eigenvalue weighted by atomic mass is 32.2. The molecule has 0 aliphatic rings. The summed E-state index contributed by atoms with van der Waals surface area (Å²) in [6, 6.07) is 14.7. The third kappa shape index (κ3) is 4.84. The maximum absolute atomic E-state index is 12.6. The van der Waals surface area contributed by atoms with E-state index in [2.05, 4.69) is 4.72 Å². The van der Waals surface area contributed by atoms with Crippen LogP contribution in [0.25, 0.3) is 0 Å². The topological polar surface area (TPSA) is 114 Å². The first-order valence-corrected chi connectivity index (χ1v) is 9.50. The summed E-state index contributed by atoms with van der Waals surface area (Å²) in [5, 5.41) is 17.5. The summed E-state index contributed by atoms with van der Waals surface area (Å²) in [7, 11) is -3.76. The largest absolute Gasteiger partial charge is 0.312 e. The van der Waals surface area contributed by atoms with Crippen LogP contribution in [0.2, 0.25) is 0 Å². The van der Waals surface area contributed by atoms with E-state index in [1.165, 1.54) is 24.3 Å². The van der Waals surface area contributed by atoms with Gasteiger partial charge in [0.25, 0.3) is 15.9 Å². The number of hydrogen-bond donors (Lipinski definition) is 1. The van der Waals surface area contributed by atoms with Gasteiger partial charge in [-0.2, -0.15) is 10.5 Å². The van der Waals surface area contributed by atoms with Gasteiger partial charge in [0.2, 0.25) is 0 Å². The SMILES string of the molecule is Cc1ccc(C)c(S(=O)(=O)Nc2ccc(C(=O)N(CC#N)CC#N)cc2)c1. The second kappa shape index (κ2) is 8.35. The first-order valence-electron chi connectivity index (χ1n) is 8.02. The number of nitriles is 2. The second-order valence-electron chi connectivity index (χ2n) is 5.93. The first-order chi connectivity index (χ1) is 12.8. The van der Waals surface area contributed by atoms with E-state index < -0.39 is 15.9 Å². The van der Waals surface area contributed by atoms with Gasteiger partial charge in [0, 0.05) is 11.3 Å². The molecule has 0 unspecified atom stereocenters. The van der Waals surface area contributed by atoms with Crippen LogP contribution in [0.15, 0.2) is 47.4 Å². The molecule has 7 nitrogen and oxygen atoms in total. The molecule has 0 bridgehead atoms. The fourth-order valence-electron chi connectivity index (χ4n) is 2.44. The molecular formula is C19H18N4O3S. The molecule has 27 heavy (non-hydrogen) atoms. The first kappa shape index (κ1) is 20.0. The second-order valence-corrected chi connectivity index (χ2v) is 7.58. The molecule has 0 saturated carbocycles. The molecule has 138 valence electrons. The lowest BCUT2D eigenvalue weighted by molar-refractivity contribution is 0.0794. The Morgan fingerprint density at radius 1 is 1.04 bits per heavy atom. The molecule has 1 amide bonds. The summed E-state index contributed by atoms with van der Waals surface area (Å²) >= 11 is 0. The zero-order chi connectivity index (χ0) is 20.0. The van der Waals surface area contributed by atoms with Crippen molar-refractivity contribution in [2.24, 2.45) is 0 Å². The van der Waals surface area contributed by atoms with Crippen molar-refractivity contribution in [3.63, 3.8) is 0 Å². The Bertz CT molecular complexity index is 1020. The molecule has 0 spiro atoms. The highest BCUT2D eigenvalue weighted by molar-refractivity contribution is 7.92. The number of sulfonamides is 1. The molecule has 0 fully saturated rings. The van der Waals surface area contributed by atoms with Crippen LogP contribution in [0, 0.1) is 36.5 Å². The van der Waals surface area contributed by atoms with Gasteiger partial charge in [0.05, 0.1) is 17.0 Å². The summed E-state index contributed by atoms with van der Waals surface area (Å²) in [5.74, 6) is -0.470. The average molecular weight is 382 g/mol. The number of benzene rings is 2. The summed E-state index contributed by atoms with van der Waals surface area (Å²) in [6.07, 6.45) is 0. The number of aryl methyl sites for hydroxylation is 2. The van der Waals surface area contributed by atoms with E-state index >= 15 is 0 Å². The number of anilines is 1. The molecule has 8 heteroatoms. The lowest BCUT2D eigenvalue weighted by Crippen LogP contribution is -2.31. The Kier molecular flexibility index (Phi) is 6.17. The standard InChI is InChI=1S/C19H18N4O3S/c1-14-3-4-15(2)18(13-14)27(25,26)22-17-7-5-16(6-8-17)19(24)23(11-9-20)12-10-21/h3-8,13,22H,11-12H2,1-2H3. The minimum absolute atomic E-state index is 0.192. The van der Waals surface area contributed by atoms with E-state index in [0.717, 1.165) is 10.5 Å². The highest BCUT2D eigenvalue weighted by Crippen LogP contribution is 2.21. The van der Waals surface area contributed by atoms with Crippen LogP contribution in [0.5, 0.6) is 0 Å². The lowest BCUT2D eigenvalue weighted by Gasteiger charge is -2.16. The zero-order valence-electron chi connectivity index (χ0n) is 14.9. The van der Waals surface area contributed by atoms with Gasteiger partial charge in [0.15, 0.2) is 0 Å². The summed E-state index contributed by atoms with van der Waals surface area (Å²) in [5.41, 5.74) is 2.02. The van der Waals surface area contributed by atoms with Gasteiger partial charge in [0.1, 0.15) is 13.1 Å². The number of carbonyl (C=O) groups excluding carboxylic acids is 1. The van der Waals surface area contributed by atoms with Crippen molar-refractivity contribution in [1.29, 1.82) is 10.5 Å². The Hall–Kier alpha value is -3.36. The van der Waals surface area contributed by atoms with E-state index in [9.17, 15) is 13.2 Å². The average Bonchev–Trinajstić information content (AvgIpc) is 2.63. The van der Waals surface area contributed by atoms with Crippen molar-refractivity contribution in [3.8, 4) is 12.1 Å². The Balaban J connectivity index is 2.23. The van der Waals surface area contributed by atoms with Crippen molar-refractivity contribution in [2.45, 2.75) is 18.7 Å². The maximum Gasteiger partial charge on any atom is 0.262 e. The van der Waals surface area contributed by atoms with Gasteiger partial charge in [-0.25, -0.2) is 8.42 Å². The number of nitrogens with zero attached hydrogens (tertiary/aromatic N) is 3. The van der Waals surface area contributed by atoms with Crippen molar-refractivity contribution >= 4 is 21.6 Å². The van der Waals surface area contributed by atoms with Gasteiger partial charge < -0.3 is 4.90 Å². The molecule has 0 saturated heterocycles. The molecule has 2 aromatic carbocycles. The Labute approximate surface area is 158 Å². The molecule has 1 N–H and O–H groups in total.